The van der Waals surface area contributed by atoms with Gasteiger partial charge >= 0.3 is 0 Å². The summed E-state index contributed by atoms with van der Waals surface area (Å²) in [6.45, 7) is 0. The first-order chi connectivity index (χ1) is 22.0. The molecule has 0 heterocycles. The van der Waals surface area contributed by atoms with Crippen molar-refractivity contribution < 1.29 is 0 Å². The number of benzene rings is 4. The Bertz CT molecular complexity index is 1840. The zero-order valence-corrected chi connectivity index (χ0v) is 28.9. The minimum absolute atomic E-state index is 0.264. The molecule has 4 fully saturated rings. The van der Waals surface area contributed by atoms with Gasteiger partial charge in [-0.25, -0.2) is 0 Å². The first kappa shape index (κ1) is 25.9. The number of hydrogen-bond acceptors (Lipinski definition) is 0. The van der Waals surface area contributed by atoms with Gasteiger partial charge in [-0.1, -0.05) is 68.3 Å². The van der Waals surface area contributed by atoms with E-state index >= 15 is 0 Å². The molecule has 10 aliphatic carbocycles. The molecule has 4 aromatic rings. The molecule has 4 aromatic carbocycles. The van der Waals surface area contributed by atoms with Crippen LogP contribution in [0.4, 0.5) is 0 Å². The van der Waals surface area contributed by atoms with Gasteiger partial charge in [0.25, 0.3) is 0 Å². The average molecular weight is 715 g/mol. The Morgan fingerprint density at radius 2 is 0.711 bits per heavy atom. The van der Waals surface area contributed by atoms with E-state index < -0.39 is 0 Å². The molecule has 45 heavy (non-hydrogen) atoms. The summed E-state index contributed by atoms with van der Waals surface area (Å²) in [7, 11) is 0. The van der Waals surface area contributed by atoms with E-state index in [0.29, 0.717) is 0 Å². The summed E-state index contributed by atoms with van der Waals surface area (Å²) >= 11 is 7.93. The third-order valence-electron chi connectivity index (χ3n) is 14.6. The predicted molar refractivity (Wildman–Crippen MR) is 189 cm³/mol. The molecule has 4 unspecified atom stereocenters. The first-order valence-electron chi connectivity index (χ1n) is 18.0. The van der Waals surface area contributed by atoms with Gasteiger partial charge < -0.3 is 0 Å². The number of hydrogen-bond donors (Lipinski definition) is 0. The van der Waals surface area contributed by atoms with Gasteiger partial charge in [0.2, 0.25) is 0 Å². The SMILES string of the molecule is Brc1ccc2c(c1)C1(c3cc(Br)ccc3-2)c2cc3c(cc2-c2cc4c(cc21)C1CC2CC(CC4C2)C1)C1CC2CC(C1)CC3C2. The fourth-order valence-electron chi connectivity index (χ4n) is 13.5. The van der Waals surface area contributed by atoms with Crippen molar-refractivity contribution in [2.75, 3.05) is 0 Å². The second-order valence-electron chi connectivity index (χ2n) is 16.8. The lowest BCUT2D eigenvalue weighted by atomic mass is 9.66. The molecule has 14 rings (SSSR count). The molecule has 0 amide bonds. The molecular formula is C43H38Br2. The topological polar surface area (TPSA) is 0 Å². The van der Waals surface area contributed by atoms with E-state index in [2.05, 4.69) is 92.5 Å². The van der Waals surface area contributed by atoms with E-state index in [-0.39, 0.29) is 5.41 Å². The average Bonchev–Trinajstić information content (AvgIpc) is 3.31. The van der Waals surface area contributed by atoms with Crippen molar-refractivity contribution in [1.82, 2.24) is 0 Å². The Morgan fingerprint density at radius 3 is 1.09 bits per heavy atom. The van der Waals surface area contributed by atoms with Crippen LogP contribution in [0.15, 0.2) is 69.6 Å². The van der Waals surface area contributed by atoms with Crippen molar-refractivity contribution in [3.8, 4) is 22.3 Å². The van der Waals surface area contributed by atoms with Crippen LogP contribution in [-0.2, 0) is 5.41 Å². The Balaban J connectivity index is 1.21. The van der Waals surface area contributed by atoms with Crippen molar-refractivity contribution >= 4 is 31.9 Å². The molecule has 0 aliphatic heterocycles. The molecule has 224 valence electrons. The molecule has 4 atom stereocenters. The Hall–Kier alpha value is -2.16. The fraction of sp³-hybridized carbons (Fsp3) is 0.442. The van der Waals surface area contributed by atoms with E-state index in [1.807, 2.05) is 0 Å². The van der Waals surface area contributed by atoms with Crippen molar-refractivity contribution in [2.24, 2.45) is 23.7 Å². The van der Waals surface area contributed by atoms with E-state index in [4.69, 9.17) is 0 Å². The van der Waals surface area contributed by atoms with E-state index in [1.54, 1.807) is 44.5 Å². The maximum atomic E-state index is 3.96. The second-order valence-corrected chi connectivity index (χ2v) is 18.6. The Labute approximate surface area is 283 Å². The van der Waals surface area contributed by atoms with Crippen LogP contribution in [-0.4, -0.2) is 0 Å². The number of fused-ring (bicyclic) bond motifs is 10. The van der Waals surface area contributed by atoms with Crippen molar-refractivity contribution in [3.63, 3.8) is 0 Å². The molecule has 0 radical (unpaired) electrons. The van der Waals surface area contributed by atoms with Crippen LogP contribution in [0.1, 0.15) is 132 Å². The molecule has 0 nitrogen and oxygen atoms in total. The summed E-state index contributed by atoms with van der Waals surface area (Å²) in [5.74, 6) is 6.79. The van der Waals surface area contributed by atoms with Gasteiger partial charge in [-0.3, -0.25) is 0 Å². The quantitative estimate of drug-likeness (QED) is 0.147. The van der Waals surface area contributed by atoms with Crippen LogP contribution in [0.2, 0.25) is 0 Å². The normalized spacial score (nSPS) is 34.2. The van der Waals surface area contributed by atoms with Crippen molar-refractivity contribution in [2.45, 2.75) is 93.3 Å². The zero-order valence-electron chi connectivity index (χ0n) is 25.7. The van der Waals surface area contributed by atoms with Gasteiger partial charge in [-0.05, 0) is 203 Å². The number of rotatable bonds is 0. The van der Waals surface area contributed by atoms with Crippen molar-refractivity contribution in [1.29, 1.82) is 0 Å². The maximum Gasteiger partial charge on any atom is 0.0726 e. The molecule has 10 aliphatic rings. The van der Waals surface area contributed by atoms with Gasteiger partial charge in [-0.15, -0.1) is 0 Å². The lowest BCUT2D eigenvalue weighted by molar-refractivity contribution is 0.165. The highest BCUT2D eigenvalue weighted by atomic mass is 79.9. The Kier molecular flexibility index (Phi) is 4.97. The molecule has 1 spiro atoms. The van der Waals surface area contributed by atoms with Gasteiger partial charge in [0.15, 0.2) is 0 Å². The lowest BCUT2D eigenvalue weighted by Gasteiger charge is -2.38. The van der Waals surface area contributed by atoms with E-state index in [9.17, 15) is 0 Å². The predicted octanol–water partition coefficient (Wildman–Crippen LogP) is 12.3. The standard InChI is InChI=1S/C43H38Br2/c44-29-1-3-31-32-4-2-30(45)16-40(32)43(39(31)15-29)41-19-35-27-11-21-5-22(12-27)8-25(7-21)33(35)17-37(41)38-18-34-26-9-23-6-24(10-26)14-28(13-23)36(34)20-42(38)43/h1-4,15-28H,5-14H2. The first-order valence-corrected chi connectivity index (χ1v) is 19.6. The maximum absolute atomic E-state index is 3.96. The minimum atomic E-state index is -0.264. The van der Waals surface area contributed by atoms with Crippen molar-refractivity contribution in [3.05, 3.63) is 114 Å². The fourth-order valence-corrected chi connectivity index (χ4v) is 14.2. The Morgan fingerprint density at radius 1 is 0.378 bits per heavy atom. The second kappa shape index (κ2) is 8.65. The van der Waals surface area contributed by atoms with E-state index in [1.165, 1.54) is 95.4 Å². The summed E-state index contributed by atoms with van der Waals surface area (Å²) in [5, 5.41) is 0. The van der Waals surface area contributed by atoms with Crippen LogP contribution < -0.4 is 0 Å². The van der Waals surface area contributed by atoms with Gasteiger partial charge in [0, 0.05) is 8.95 Å². The van der Waals surface area contributed by atoms with Crippen LogP contribution in [0.5, 0.6) is 0 Å². The van der Waals surface area contributed by atoms with Crippen LogP contribution in [0, 0.1) is 23.7 Å². The highest BCUT2D eigenvalue weighted by Crippen LogP contribution is 2.67. The van der Waals surface area contributed by atoms with Crippen LogP contribution >= 0.6 is 31.9 Å². The lowest BCUT2D eigenvalue weighted by Crippen LogP contribution is -2.27. The summed E-state index contributed by atoms with van der Waals surface area (Å²) in [6, 6.07) is 25.5. The summed E-state index contributed by atoms with van der Waals surface area (Å²) < 4.78 is 2.39. The molecular weight excluding hydrogens is 676 g/mol. The smallest absolute Gasteiger partial charge is 0.0530 e. The number of halogens is 2. The zero-order chi connectivity index (χ0) is 29.3. The van der Waals surface area contributed by atoms with Gasteiger partial charge in [-0.2, -0.15) is 0 Å². The molecule has 0 N–H and O–H groups in total. The molecule has 0 saturated heterocycles. The molecule has 4 saturated carbocycles. The largest absolute Gasteiger partial charge is 0.0726 e. The molecule has 0 aromatic heterocycles. The van der Waals surface area contributed by atoms with E-state index in [0.717, 1.165) is 47.3 Å². The van der Waals surface area contributed by atoms with Gasteiger partial charge in [0.05, 0.1) is 5.41 Å². The van der Waals surface area contributed by atoms with Crippen LogP contribution in [0.3, 0.4) is 0 Å². The molecule has 2 heteroatoms. The highest BCUT2D eigenvalue weighted by Gasteiger charge is 2.54. The van der Waals surface area contributed by atoms with Crippen LogP contribution in [0.25, 0.3) is 22.3 Å². The minimum Gasteiger partial charge on any atom is -0.0530 e. The third kappa shape index (κ3) is 3.21. The highest BCUT2D eigenvalue weighted by molar-refractivity contribution is 9.10. The summed E-state index contributed by atoms with van der Waals surface area (Å²) in [5.41, 5.74) is 18.8. The van der Waals surface area contributed by atoms with Gasteiger partial charge in [0.1, 0.15) is 0 Å². The monoisotopic (exact) mass is 712 g/mol. The summed E-state index contributed by atoms with van der Waals surface area (Å²) in [4.78, 5) is 0. The summed E-state index contributed by atoms with van der Waals surface area (Å²) in [6.07, 6.45) is 14.4. The third-order valence-corrected chi connectivity index (χ3v) is 15.6. The molecule has 8 bridgehead atoms.